The van der Waals surface area contributed by atoms with E-state index in [1.165, 1.54) is 23.8 Å². The Morgan fingerprint density at radius 1 is 1.19 bits per heavy atom. The summed E-state index contributed by atoms with van der Waals surface area (Å²) < 4.78 is 0. The Morgan fingerprint density at radius 2 is 1.95 bits per heavy atom. The molecule has 5 heteroatoms. The molecule has 0 saturated carbocycles. The number of carboxylic acid groups (broad SMARTS) is 1. The SMILES string of the molecule is Nc1cc(C(=O)O)ccc1NC(=O)C1Cc2ccccc21. The number of carbonyl (C=O) groups excluding carboxylic acids is 1. The van der Waals surface area contributed by atoms with E-state index in [9.17, 15) is 9.59 Å². The van der Waals surface area contributed by atoms with Crippen LogP contribution >= 0.6 is 0 Å². The van der Waals surface area contributed by atoms with Crippen LogP contribution in [0.1, 0.15) is 27.4 Å². The fraction of sp³-hybridized carbons (Fsp3) is 0.125. The molecule has 1 amide bonds. The van der Waals surface area contributed by atoms with Gasteiger partial charge >= 0.3 is 5.97 Å². The number of benzene rings is 2. The Hall–Kier alpha value is -2.82. The summed E-state index contributed by atoms with van der Waals surface area (Å²) in [6.45, 7) is 0. The average Bonchev–Trinajstić information content (AvgIpc) is 2.42. The van der Waals surface area contributed by atoms with Crippen LogP contribution in [0.15, 0.2) is 42.5 Å². The minimum Gasteiger partial charge on any atom is -0.478 e. The zero-order valence-corrected chi connectivity index (χ0v) is 11.2. The molecule has 4 N–H and O–H groups in total. The number of fused-ring (bicyclic) bond motifs is 1. The summed E-state index contributed by atoms with van der Waals surface area (Å²) in [4.78, 5) is 23.1. The van der Waals surface area contributed by atoms with Crippen molar-refractivity contribution in [3.05, 3.63) is 59.2 Å². The molecule has 0 bridgehead atoms. The molecular weight excluding hydrogens is 268 g/mol. The van der Waals surface area contributed by atoms with Gasteiger partial charge in [-0.3, -0.25) is 4.79 Å². The van der Waals surface area contributed by atoms with E-state index in [0.717, 1.165) is 12.0 Å². The second kappa shape index (κ2) is 4.94. The van der Waals surface area contributed by atoms with Crippen LogP contribution in [0.25, 0.3) is 0 Å². The number of carboxylic acids is 1. The molecule has 2 aromatic rings. The zero-order chi connectivity index (χ0) is 15.0. The maximum absolute atomic E-state index is 12.2. The fourth-order valence-electron chi connectivity index (χ4n) is 2.52. The molecule has 0 saturated heterocycles. The minimum absolute atomic E-state index is 0.0967. The second-order valence-electron chi connectivity index (χ2n) is 5.05. The molecule has 1 unspecified atom stereocenters. The van der Waals surface area contributed by atoms with Gasteiger partial charge in [-0.1, -0.05) is 24.3 Å². The molecule has 0 spiro atoms. The Kier molecular flexibility index (Phi) is 3.10. The lowest BCUT2D eigenvalue weighted by molar-refractivity contribution is -0.118. The summed E-state index contributed by atoms with van der Waals surface area (Å²) in [7, 11) is 0. The highest BCUT2D eigenvalue weighted by Crippen LogP contribution is 2.36. The van der Waals surface area contributed by atoms with E-state index in [1.807, 2.05) is 24.3 Å². The summed E-state index contributed by atoms with van der Waals surface area (Å²) in [5.74, 6) is -1.34. The Balaban J connectivity index is 1.76. The molecule has 5 nitrogen and oxygen atoms in total. The van der Waals surface area contributed by atoms with Crippen LogP contribution in [0.3, 0.4) is 0 Å². The van der Waals surface area contributed by atoms with Crippen molar-refractivity contribution in [3.8, 4) is 0 Å². The lowest BCUT2D eigenvalue weighted by Gasteiger charge is -2.29. The molecular formula is C16H14N2O3. The molecule has 1 aliphatic rings. The molecule has 0 heterocycles. The van der Waals surface area contributed by atoms with Gasteiger partial charge in [0, 0.05) is 0 Å². The quantitative estimate of drug-likeness (QED) is 0.753. The van der Waals surface area contributed by atoms with E-state index in [0.29, 0.717) is 5.69 Å². The molecule has 1 atom stereocenters. The molecule has 2 aromatic carbocycles. The van der Waals surface area contributed by atoms with Crippen molar-refractivity contribution in [3.63, 3.8) is 0 Å². The van der Waals surface area contributed by atoms with Gasteiger partial charge in [0.2, 0.25) is 5.91 Å². The smallest absolute Gasteiger partial charge is 0.335 e. The van der Waals surface area contributed by atoms with E-state index in [2.05, 4.69) is 5.32 Å². The van der Waals surface area contributed by atoms with E-state index >= 15 is 0 Å². The molecule has 1 aliphatic carbocycles. The highest BCUT2D eigenvalue weighted by molar-refractivity contribution is 6.00. The highest BCUT2D eigenvalue weighted by atomic mass is 16.4. The van der Waals surface area contributed by atoms with Crippen LogP contribution in [-0.4, -0.2) is 17.0 Å². The Labute approximate surface area is 121 Å². The third-order valence-corrected chi connectivity index (χ3v) is 3.73. The topological polar surface area (TPSA) is 92.4 Å². The van der Waals surface area contributed by atoms with Crippen LogP contribution in [0.2, 0.25) is 0 Å². The lowest BCUT2D eigenvalue weighted by atomic mass is 9.77. The molecule has 0 fully saturated rings. The van der Waals surface area contributed by atoms with Gasteiger partial charge in [-0.25, -0.2) is 4.79 Å². The molecule has 3 rings (SSSR count). The first-order valence-corrected chi connectivity index (χ1v) is 6.58. The number of nitrogens with two attached hydrogens (primary N) is 1. The maximum atomic E-state index is 12.2. The van der Waals surface area contributed by atoms with Crippen molar-refractivity contribution in [1.29, 1.82) is 0 Å². The van der Waals surface area contributed by atoms with Gasteiger partial charge in [-0.05, 0) is 35.7 Å². The number of amides is 1. The van der Waals surface area contributed by atoms with E-state index in [1.54, 1.807) is 0 Å². The standard InChI is InChI=1S/C16H14N2O3/c17-13-8-10(16(20)21)5-6-14(13)18-15(19)12-7-9-3-1-2-4-11(9)12/h1-6,8,12H,7,17H2,(H,18,19)(H,20,21). The molecule has 0 radical (unpaired) electrons. The maximum Gasteiger partial charge on any atom is 0.335 e. The molecule has 106 valence electrons. The van der Waals surface area contributed by atoms with Crippen LogP contribution in [0.5, 0.6) is 0 Å². The zero-order valence-electron chi connectivity index (χ0n) is 11.2. The summed E-state index contributed by atoms with van der Waals surface area (Å²) in [5.41, 5.74) is 8.79. The number of anilines is 2. The van der Waals surface area contributed by atoms with Gasteiger partial charge in [-0.15, -0.1) is 0 Å². The molecule has 21 heavy (non-hydrogen) atoms. The Morgan fingerprint density at radius 3 is 2.62 bits per heavy atom. The van der Waals surface area contributed by atoms with Crippen molar-refractivity contribution in [2.75, 3.05) is 11.1 Å². The van der Waals surface area contributed by atoms with Crippen LogP contribution in [0.4, 0.5) is 11.4 Å². The monoisotopic (exact) mass is 282 g/mol. The first-order chi connectivity index (χ1) is 10.1. The van der Waals surface area contributed by atoms with Crippen molar-refractivity contribution < 1.29 is 14.7 Å². The summed E-state index contributed by atoms with van der Waals surface area (Å²) in [6.07, 6.45) is 0.717. The number of rotatable bonds is 3. The van der Waals surface area contributed by atoms with Gasteiger partial charge in [0.05, 0.1) is 22.9 Å². The molecule has 0 aliphatic heterocycles. The number of hydrogen-bond acceptors (Lipinski definition) is 3. The van der Waals surface area contributed by atoms with Crippen molar-refractivity contribution >= 4 is 23.3 Å². The van der Waals surface area contributed by atoms with E-state index in [4.69, 9.17) is 10.8 Å². The first kappa shape index (κ1) is 13.2. The minimum atomic E-state index is -1.05. The van der Waals surface area contributed by atoms with Gasteiger partial charge in [0.15, 0.2) is 0 Å². The fourth-order valence-corrected chi connectivity index (χ4v) is 2.52. The van der Waals surface area contributed by atoms with Crippen LogP contribution in [0, 0.1) is 0 Å². The van der Waals surface area contributed by atoms with Crippen molar-refractivity contribution in [2.24, 2.45) is 0 Å². The van der Waals surface area contributed by atoms with Crippen LogP contribution in [-0.2, 0) is 11.2 Å². The first-order valence-electron chi connectivity index (χ1n) is 6.58. The van der Waals surface area contributed by atoms with E-state index < -0.39 is 5.97 Å². The Bertz CT molecular complexity index is 740. The predicted molar refractivity (Wildman–Crippen MR) is 79.3 cm³/mol. The normalized spacial score (nSPS) is 15.7. The largest absolute Gasteiger partial charge is 0.478 e. The van der Waals surface area contributed by atoms with Gasteiger partial charge < -0.3 is 16.2 Å². The van der Waals surface area contributed by atoms with Crippen molar-refractivity contribution in [2.45, 2.75) is 12.3 Å². The number of carbonyl (C=O) groups is 2. The molecule has 0 aromatic heterocycles. The van der Waals surface area contributed by atoms with Gasteiger partial charge in [0.25, 0.3) is 0 Å². The summed E-state index contributed by atoms with van der Waals surface area (Å²) in [5, 5.41) is 11.6. The van der Waals surface area contributed by atoms with E-state index in [-0.39, 0.29) is 23.1 Å². The van der Waals surface area contributed by atoms with Crippen LogP contribution < -0.4 is 11.1 Å². The van der Waals surface area contributed by atoms with Gasteiger partial charge in [0.1, 0.15) is 0 Å². The summed E-state index contributed by atoms with van der Waals surface area (Å²) in [6, 6.07) is 12.1. The lowest BCUT2D eigenvalue weighted by Crippen LogP contribution is -2.30. The highest BCUT2D eigenvalue weighted by Gasteiger charge is 2.31. The number of aromatic carboxylic acids is 1. The third kappa shape index (κ3) is 2.33. The number of nitrogens with one attached hydrogen (secondary N) is 1. The second-order valence-corrected chi connectivity index (χ2v) is 5.05. The van der Waals surface area contributed by atoms with Gasteiger partial charge in [-0.2, -0.15) is 0 Å². The van der Waals surface area contributed by atoms with Crippen molar-refractivity contribution in [1.82, 2.24) is 0 Å². The average molecular weight is 282 g/mol. The number of nitrogen functional groups attached to an aromatic ring is 1. The number of hydrogen-bond donors (Lipinski definition) is 3. The third-order valence-electron chi connectivity index (χ3n) is 3.73. The predicted octanol–water partition coefficient (Wildman–Crippen LogP) is 2.25. The summed E-state index contributed by atoms with van der Waals surface area (Å²) >= 11 is 0.